The summed E-state index contributed by atoms with van der Waals surface area (Å²) in [4.78, 5) is 0. The molecule has 0 aliphatic carbocycles. The molecule has 6 nitrogen and oxygen atoms in total. The maximum Gasteiger partial charge on any atom is 0.175 e. The molecule has 0 saturated heterocycles. The molecule has 2 aromatic heterocycles. The number of aryl methyl sites for hydroxylation is 2. The molecule has 0 unspecified atom stereocenters. The van der Waals surface area contributed by atoms with Gasteiger partial charge < -0.3 is 10.6 Å². The lowest BCUT2D eigenvalue weighted by atomic mass is 10.1. The van der Waals surface area contributed by atoms with Crippen LogP contribution in [0, 0.1) is 20.8 Å². The van der Waals surface area contributed by atoms with E-state index >= 15 is 0 Å². The predicted octanol–water partition coefficient (Wildman–Crippen LogP) is 5.56. The highest BCUT2D eigenvalue weighted by atomic mass is 35.5. The number of thiocarbonyl (C=S) groups is 1. The maximum absolute atomic E-state index is 5.95. The van der Waals surface area contributed by atoms with Gasteiger partial charge in [0.05, 0.1) is 42.0 Å². The second-order valence-electron chi connectivity index (χ2n) is 7.82. The van der Waals surface area contributed by atoms with Gasteiger partial charge in [0.25, 0.3) is 0 Å². The van der Waals surface area contributed by atoms with Crippen molar-refractivity contribution in [1.82, 2.24) is 19.6 Å². The molecule has 4 rings (SSSR count). The normalized spacial score (nSPS) is 10.9. The summed E-state index contributed by atoms with van der Waals surface area (Å²) in [5.41, 5.74) is 7.25. The Morgan fingerprint density at radius 3 is 2.31 bits per heavy atom. The molecule has 0 bridgehead atoms. The third kappa shape index (κ3) is 5.36. The van der Waals surface area contributed by atoms with Gasteiger partial charge in [0.1, 0.15) is 0 Å². The van der Waals surface area contributed by atoms with E-state index in [0.717, 1.165) is 33.3 Å². The van der Waals surface area contributed by atoms with Crippen molar-refractivity contribution in [3.05, 3.63) is 94.0 Å². The lowest BCUT2D eigenvalue weighted by Crippen LogP contribution is -2.19. The third-order valence-electron chi connectivity index (χ3n) is 5.22. The number of aromatic nitrogens is 4. The van der Waals surface area contributed by atoms with Gasteiger partial charge in [-0.25, -0.2) is 0 Å². The molecule has 0 radical (unpaired) electrons. The van der Waals surface area contributed by atoms with E-state index in [-0.39, 0.29) is 0 Å². The van der Waals surface area contributed by atoms with Crippen LogP contribution < -0.4 is 10.6 Å². The Morgan fingerprint density at radius 1 is 0.938 bits per heavy atom. The van der Waals surface area contributed by atoms with Crippen molar-refractivity contribution in [2.24, 2.45) is 0 Å². The largest absolute Gasteiger partial charge is 0.330 e. The molecule has 2 heterocycles. The maximum atomic E-state index is 5.95. The first kappa shape index (κ1) is 22.0. The first-order chi connectivity index (χ1) is 15.4. The van der Waals surface area contributed by atoms with Gasteiger partial charge in [0.15, 0.2) is 5.11 Å². The van der Waals surface area contributed by atoms with Crippen LogP contribution in [0.4, 0.5) is 11.4 Å². The number of hydrogen-bond acceptors (Lipinski definition) is 3. The first-order valence-corrected chi connectivity index (χ1v) is 11.1. The van der Waals surface area contributed by atoms with Crippen molar-refractivity contribution in [2.45, 2.75) is 33.9 Å². The molecule has 4 aromatic rings. The Morgan fingerprint density at radius 2 is 1.59 bits per heavy atom. The summed E-state index contributed by atoms with van der Waals surface area (Å²) < 4.78 is 3.85. The third-order valence-corrected chi connectivity index (χ3v) is 5.68. The highest BCUT2D eigenvalue weighted by molar-refractivity contribution is 7.80. The lowest BCUT2D eigenvalue weighted by molar-refractivity contribution is 0.659. The van der Waals surface area contributed by atoms with E-state index in [1.165, 1.54) is 11.1 Å². The minimum Gasteiger partial charge on any atom is -0.330 e. The molecule has 0 aliphatic rings. The molecule has 0 fully saturated rings. The number of hydrogen-bond donors (Lipinski definition) is 2. The minimum absolute atomic E-state index is 0.497. The summed E-state index contributed by atoms with van der Waals surface area (Å²) >= 11 is 11.5. The Hall–Kier alpha value is -3.16. The molecule has 164 valence electrons. The number of anilines is 2. The molecule has 32 heavy (non-hydrogen) atoms. The van der Waals surface area contributed by atoms with Crippen LogP contribution in [0.3, 0.4) is 0 Å². The Bertz CT molecular complexity index is 1220. The highest BCUT2D eigenvalue weighted by Gasteiger charge is 2.13. The second-order valence-corrected chi connectivity index (χ2v) is 8.67. The summed E-state index contributed by atoms with van der Waals surface area (Å²) in [7, 11) is 0. The van der Waals surface area contributed by atoms with Crippen molar-refractivity contribution >= 4 is 40.3 Å². The van der Waals surface area contributed by atoms with Gasteiger partial charge in [-0.05, 0) is 56.2 Å². The summed E-state index contributed by atoms with van der Waals surface area (Å²) in [5, 5.41) is 16.8. The fraction of sp³-hybridized carbons (Fsp3) is 0.208. The number of rotatable bonds is 6. The molecule has 0 spiro atoms. The number of nitrogens with zero attached hydrogens (tertiary/aromatic N) is 4. The van der Waals surface area contributed by atoms with E-state index in [2.05, 4.69) is 52.0 Å². The average molecular weight is 465 g/mol. The zero-order chi connectivity index (χ0) is 22.7. The standard InChI is InChI=1S/C24H25ClN6S/c1-16-4-6-20(7-5-16)14-31-18(3)23(17(2)29-31)28-24(32)27-22-12-26-30(15-22)13-19-8-10-21(25)11-9-19/h4-12,15H,13-14H2,1-3H3,(H2,27,28,32). The van der Waals surface area contributed by atoms with Gasteiger partial charge in [-0.2, -0.15) is 10.2 Å². The molecule has 0 aliphatic heterocycles. The summed E-state index contributed by atoms with van der Waals surface area (Å²) in [6, 6.07) is 16.2. The molecule has 0 saturated carbocycles. The summed E-state index contributed by atoms with van der Waals surface area (Å²) in [6.45, 7) is 7.48. The number of benzene rings is 2. The molecule has 8 heteroatoms. The monoisotopic (exact) mass is 464 g/mol. The van der Waals surface area contributed by atoms with E-state index in [4.69, 9.17) is 23.8 Å². The molecular weight excluding hydrogens is 440 g/mol. The van der Waals surface area contributed by atoms with Crippen molar-refractivity contribution in [1.29, 1.82) is 0 Å². The molecule has 0 amide bonds. The van der Waals surface area contributed by atoms with Crippen LogP contribution in [0.5, 0.6) is 0 Å². The highest BCUT2D eigenvalue weighted by Crippen LogP contribution is 2.21. The van der Waals surface area contributed by atoms with Crippen LogP contribution in [-0.4, -0.2) is 24.7 Å². The van der Waals surface area contributed by atoms with E-state index in [1.807, 2.05) is 53.7 Å². The summed E-state index contributed by atoms with van der Waals surface area (Å²) in [5.74, 6) is 0. The predicted molar refractivity (Wildman–Crippen MR) is 135 cm³/mol. The van der Waals surface area contributed by atoms with E-state index < -0.39 is 0 Å². The first-order valence-electron chi connectivity index (χ1n) is 10.3. The van der Waals surface area contributed by atoms with Crippen LogP contribution in [0.2, 0.25) is 5.02 Å². The number of halogens is 1. The minimum atomic E-state index is 0.497. The number of nitrogens with one attached hydrogen (secondary N) is 2. The van der Waals surface area contributed by atoms with Gasteiger partial charge >= 0.3 is 0 Å². The summed E-state index contributed by atoms with van der Waals surface area (Å²) in [6.07, 6.45) is 3.67. The smallest absolute Gasteiger partial charge is 0.175 e. The lowest BCUT2D eigenvalue weighted by Gasteiger charge is -2.10. The Labute approximate surface area is 198 Å². The molecule has 0 atom stereocenters. The fourth-order valence-corrected chi connectivity index (χ4v) is 3.81. The van der Waals surface area contributed by atoms with Crippen LogP contribution in [0.1, 0.15) is 28.1 Å². The van der Waals surface area contributed by atoms with Gasteiger partial charge in [-0.15, -0.1) is 0 Å². The zero-order valence-corrected chi connectivity index (χ0v) is 19.8. The van der Waals surface area contributed by atoms with Gasteiger partial charge in [-0.1, -0.05) is 53.6 Å². The van der Waals surface area contributed by atoms with Gasteiger partial charge in [0.2, 0.25) is 0 Å². The topological polar surface area (TPSA) is 59.7 Å². The van der Waals surface area contributed by atoms with E-state index in [1.54, 1.807) is 6.20 Å². The van der Waals surface area contributed by atoms with Crippen LogP contribution in [0.15, 0.2) is 60.9 Å². The molecule has 2 aromatic carbocycles. The Kier molecular flexibility index (Phi) is 6.58. The Balaban J connectivity index is 1.39. The second kappa shape index (κ2) is 9.54. The van der Waals surface area contributed by atoms with E-state index in [9.17, 15) is 0 Å². The van der Waals surface area contributed by atoms with Gasteiger partial charge in [-0.3, -0.25) is 9.36 Å². The van der Waals surface area contributed by atoms with Crippen LogP contribution in [0.25, 0.3) is 0 Å². The molecule has 2 N–H and O–H groups in total. The van der Waals surface area contributed by atoms with Gasteiger partial charge in [0, 0.05) is 11.2 Å². The van der Waals surface area contributed by atoms with Crippen molar-refractivity contribution in [3.63, 3.8) is 0 Å². The quantitative estimate of drug-likeness (QED) is 0.365. The molecular formula is C24H25ClN6S. The fourth-order valence-electron chi connectivity index (χ4n) is 3.47. The van der Waals surface area contributed by atoms with Crippen LogP contribution in [-0.2, 0) is 13.1 Å². The van der Waals surface area contributed by atoms with Crippen molar-refractivity contribution in [3.8, 4) is 0 Å². The van der Waals surface area contributed by atoms with Crippen molar-refractivity contribution < 1.29 is 0 Å². The van der Waals surface area contributed by atoms with Crippen LogP contribution >= 0.6 is 23.8 Å². The zero-order valence-electron chi connectivity index (χ0n) is 18.3. The SMILES string of the molecule is Cc1ccc(Cn2nc(C)c(NC(=S)Nc3cnn(Cc4ccc(Cl)cc4)c3)c2C)cc1. The van der Waals surface area contributed by atoms with E-state index in [0.29, 0.717) is 18.2 Å². The van der Waals surface area contributed by atoms with Crippen molar-refractivity contribution in [2.75, 3.05) is 10.6 Å². The average Bonchev–Trinajstić information content (AvgIpc) is 3.30.